The standard InChI is InChI=1S/C13H21N/c1-13(2,11-5-6-11)14-12-8-9-3-4-10(12)7-9/h3-4,9-12,14H,5-8H2,1-2H3/t9-,10+,12?/m1/s1. The summed E-state index contributed by atoms with van der Waals surface area (Å²) in [6.07, 6.45) is 10.5. The van der Waals surface area contributed by atoms with E-state index < -0.39 is 0 Å². The lowest BCUT2D eigenvalue weighted by atomic mass is 9.93. The van der Waals surface area contributed by atoms with E-state index in [1.807, 2.05) is 0 Å². The van der Waals surface area contributed by atoms with Crippen molar-refractivity contribution in [2.75, 3.05) is 0 Å². The molecule has 1 unspecified atom stereocenters. The van der Waals surface area contributed by atoms with Crippen LogP contribution < -0.4 is 5.32 Å². The van der Waals surface area contributed by atoms with E-state index in [1.54, 1.807) is 0 Å². The molecular formula is C13H21N. The fraction of sp³-hybridized carbons (Fsp3) is 0.846. The molecule has 0 aromatic carbocycles. The van der Waals surface area contributed by atoms with Gasteiger partial charge in [-0.05, 0) is 57.3 Å². The Morgan fingerprint density at radius 3 is 2.43 bits per heavy atom. The van der Waals surface area contributed by atoms with Gasteiger partial charge in [-0.2, -0.15) is 0 Å². The summed E-state index contributed by atoms with van der Waals surface area (Å²) >= 11 is 0. The average molecular weight is 191 g/mol. The zero-order chi connectivity index (χ0) is 9.76. The molecule has 1 heteroatoms. The van der Waals surface area contributed by atoms with Crippen molar-refractivity contribution in [3.8, 4) is 0 Å². The third-order valence-corrected chi connectivity index (χ3v) is 4.43. The van der Waals surface area contributed by atoms with Gasteiger partial charge in [0.2, 0.25) is 0 Å². The second-order valence-corrected chi connectivity index (χ2v) is 6.03. The Balaban J connectivity index is 1.65. The summed E-state index contributed by atoms with van der Waals surface area (Å²) in [5, 5.41) is 3.90. The third-order valence-electron chi connectivity index (χ3n) is 4.43. The fourth-order valence-corrected chi connectivity index (χ4v) is 3.35. The molecule has 0 heterocycles. The Morgan fingerprint density at radius 1 is 1.14 bits per heavy atom. The summed E-state index contributed by atoms with van der Waals surface area (Å²) in [6.45, 7) is 4.78. The second-order valence-electron chi connectivity index (χ2n) is 6.03. The molecule has 2 bridgehead atoms. The maximum absolute atomic E-state index is 3.90. The first kappa shape index (κ1) is 8.96. The molecule has 0 saturated heterocycles. The van der Waals surface area contributed by atoms with E-state index >= 15 is 0 Å². The molecule has 2 saturated carbocycles. The third kappa shape index (κ3) is 1.42. The van der Waals surface area contributed by atoms with E-state index in [9.17, 15) is 0 Å². The van der Waals surface area contributed by atoms with Crippen LogP contribution in [0.15, 0.2) is 12.2 Å². The number of allylic oxidation sites excluding steroid dienone is 1. The number of hydrogen-bond donors (Lipinski definition) is 1. The van der Waals surface area contributed by atoms with Gasteiger partial charge < -0.3 is 5.32 Å². The molecule has 1 N–H and O–H groups in total. The Bertz CT molecular complexity index is 262. The molecule has 1 nitrogen and oxygen atoms in total. The SMILES string of the molecule is CC(C)(NC1C[C@@H]2C=C[C@H]1C2)C1CC1. The number of nitrogens with one attached hydrogen (secondary N) is 1. The minimum absolute atomic E-state index is 0.392. The van der Waals surface area contributed by atoms with Gasteiger partial charge in [0.05, 0.1) is 0 Å². The molecule has 78 valence electrons. The Hall–Kier alpha value is -0.300. The maximum atomic E-state index is 3.90. The molecule has 3 aliphatic rings. The quantitative estimate of drug-likeness (QED) is 0.676. The van der Waals surface area contributed by atoms with Crippen molar-refractivity contribution < 1.29 is 0 Å². The van der Waals surface area contributed by atoms with Crippen molar-refractivity contribution in [3.05, 3.63) is 12.2 Å². The molecule has 0 amide bonds. The Kier molecular flexibility index (Phi) is 1.82. The Labute approximate surface area is 87.0 Å². The molecule has 3 rings (SSSR count). The lowest BCUT2D eigenvalue weighted by Gasteiger charge is -2.33. The van der Waals surface area contributed by atoms with E-state index in [0.29, 0.717) is 5.54 Å². The minimum Gasteiger partial charge on any atom is -0.308 e. The van der Waals surface area contributed by atoms with E-state index in [2.05, 4.69) is 31.3 Å². The number of rotatable bonds is 3. The van der Waals surface area contributed by atoms with Crippen molar-refractivity contribution in [3.63, 3.8) is 0 Å². The van der Waals surface area contributed by atoms with E-state index in [4.69, 9.17) is 0 Å². The lowest BCUT2D eigenvalue weighted by molar-refractivity contribution is 0.275. The monoisotopic (exact) mass is 191 g/mol. The maximum Gasteiger partial charge on any atom is 0.0156 e. The van der Waals surface area contributed by atoms with Crippen LogP contribution >= 0.6 is 0 Å². The summed E-state index contributed by atoms with van der Waals surface area (Å²) in [7, 11) is 0. The largest absolute Gasteiger partial charge is 0.308 e. The van der Waals surface area contributed by atoms with Crippen LogP contribution in [0.1, 0.15) is 39.5 Å². The number of hydrogen-bond acceptors (Lipinski definition) is 1. The summed E-state index contributed by atoms with van der Waals surface area (Å²) < 4.78 is 0. The highest BCUT2D eigenvalue weighted by atomic mass is 15.0. The van der Waals surface area contributed by atoms with E-state index in [0.717, 1.165) is 23.8 Å². The average Bonchev–Trinajstić information content (AvgIpc) is 2.81. The van der Waals surface area contributed by atoms with Gasteiger partial charge in [-0.15, -0.1) is 0 Å². The van der Waals surface area contributed by atoms with Gasteiger partial charge in [-0.25, -0.2) is 0 Å². The van der Waals surface area contributed by atoms with Crippen LogP contribution in [-0.2, 0) is 0 Å². The zero-order valence-corrected chi connectivity index (χ0v) is 9.29. The normalized spacial score (nSPS) is 40.9. The highest BCUT2D eigenvalue weighted by Gasteiger charge is 2.43. The predicted molar refractivity (Wildman–Crippen MR) is 59.1 cm³/mol. The molecule has 0 radical (unpaired) electrons. The first-order valence-electron chi connectivity index (χ1n) is 6.11. The van der Waals surface area contributed by atoms with Crippen LogP contribution in [0.2, 0.25) is 0 Å². The molecule has 0 aromatic rings. The van der Waals surface area contributed by atoms with Gasteiger partial charge in [0.15, 0.2) is 0 Å². The highest BCUT2D eigenvalue weighted by molar-refractivity contribution is 5.14. The molecular weight excluding hydrogens is 170 g/mol. The molecule has 0 aliphatic heterocycles. The van der Waals surface area contributed by atoms with Crippen molar-refractivity contribution in [2.24, 2.45) is 17.8 Å². The molecule has 3 atom stereocenters. The molecule has 0 aromatic heterocycles. The van der Waals surface area contributed by atoms with Crippen LogP contribution in [0.4, 0.5) is 0 Å². The predicted octanol–water partition coefficient (Wildman–Crippen LogP) is 2.73. The van der Waals surface area contributed by atoms with Crippen molar-refractivity contribution in [1.29, 1.82) is 0 Å². The Morgan fingerprint density at radius 2 is 1.93 bits per heavy atom. The van der Waals surface area contributed by atoms with Gasteiger partial charge in [-0.1, -0.05) is 12.2 Å². The molecule has 14 heavy (non-hydrogen) atoms. The highest BCUT2D eigenvalue weighted by Crippen LogP contribution is 2.43. The lowest BCUT2D eigenvalue weighted by Crippen LogP contribution is -2.49. The van der Waals surface area contributed by atoms with Gasteiger partial charge in [-0.3, -0.25) is 0 Å². The topological polar surface area (TPSA) is 12.0 Å². The van der Waals surface area contributed by atoms with Crippen LogP contribution in [-0.4, -0.2) is 11.6 Å². The minimum atomic E-state index is 0.392. The second kappa shape index (κ2) is 2.85. The van der Waals surface area contributed by atoms with Gasteiger partial charge in [0.25, 0.3) is 0 Å². The van der Waals surface area contributed by atoms with Crippen LogP contribution in [0.5, 0.6) is 0 Å². The van der Waals surface area contributed by atoms with Crippen LogP contribution in [0, 0.1) is 17.8 Å². The fourth-order valence-electron chi connectivity index (χ4n) is 3.35. The molecule has 0 spiro atoms. The van der Waals surface area contributed by atoms with Crippen molar-refractivity contribution >= 4 is 0 Å². The summed E-state index contributed by atoms with van der Waals surface area (Å²) in [4.78, 5) is 0. The van der Waals surface area contributed by atoms with Crippen molar-refractivity contribution in [2.45, 2.75) is 51.1 Å². The number of fused-ring (bicyclic) bond motifs is 2. The van der Waals surface area contributed by atoms with Gasteiger partial charge in [0.1, 0.15) is 0 Å². The summed E-state index contributed by atoms with van der Waals surface area (Å²) in [6, 6.07) is 0.778. The smallest absolute Gasteiger partial charge is 0.0156 e. The van der Waals surface area contributed by atoms with Crippen LogP contribution in [0.3, 0.4) is 0 Å². The zero-order valence-electron chi connectivity index (χ0n) is 9.29. The van der Waals surface area contributed by atoms with Gasteiger partial charge >= 0.3 is 0 Å². The van der Waals surface area contributed by atoms with Crippen molar-refractivity contribution in [1.82, 2.24) is 5.32 Å². The summed E-state index contributed by atoms with van der Waals surface area (Å²) in [5.41, 5.74) is 0.392. The van der Waals surface area contributed by atoms with E-state index in [1.165, 1.54) is 25.7 Å². The first-order chi connectivity index (χ1) is 6.65. The van der Waals surface area contributed by atoms with Gasteiger partial charge in [0, 0.05) is 11.6 Å². The first-order valence-corrected chi connectivity index (χ1v) is 6.11. The summed E-state index contributed by atoms with van der Waals surface area (Å²) in [5.74, 6) is 2.69. The molecule has 2 fully saturated rings. The van der Waals surface area contributed by atoms with E-state index in [-0.39, 0.29) is 0 Å². The van der Waals surface area contributed by atoms with Crippen LogP contribution in [0.25, 0.3) is 0 Å². The molecule has 3 aliphatic carbocycles.